The van der Waals surface area contributed by atoms with E-state index < -0.39 is 0 Å². The largest absolute Gasteiger partial charge is 0.307 e. The summed E-state index contributed by atoms with van der Waals surface area (Å²) in [6.07, 6.45) is 8.67. The third kappa shape index (κ3) is 2.53. The van der Waals surface area contributed by atoms with Gasteiger partial charge >= 0.3 is 0 Å². The quantitative estimate of drug-likeness (QED) is 0.833. The summed E-state index contributed by atoms with van der Waals surface area (Å²) in [7, 11) is 0. The Balaban J connectivity index is 1.57. The molecule has 2 fully saturated rings. The van der Waals surface area contributed by atoms with Gasteiger partial charge in [0.2, 0.25) is 0 Å². The zero-order valence-electron chi connectivity index (χ0n) is 10.4. The average Bonchev–Trinajstić information content (AvgIpc) is 2.89. The molecule has 1 aromatic rings. The van der Waals surface area contributed by atoms with Crippen molar-refractivity contribution in [3.63, 3.8) is 0 Å². The van der Waals surface area contributed by atoms with Crippen LogP contribution in [0, 0.1) is 0 Å². The van der Waals surface area contributed by atoms with Crippen molar-refractivity contribution in [3.05, 3.63) is 18.0 Å². The highest BCUT2D eigenvalue weighted by molar-refractivity contribution is 4.99. The van der Waals surface area contributed by atoms with E-state index in [1.807, 2.05) is 6.20 Å². The zero-order valence-corrected chi connectivity index (χ0v) is 10.4. The van der Waals surface area contributed by atoms with Crippen LogP contribution < -0.4 is 5.32 Å². The van der Waals surface area contributed by atoms with Gasteiger partial charge in [0.1, 0.15) is 0 Å². The van der Waals surface area contributed by atoms with E-state index in [-0.39, 0.29) is 0 Å². The summed E-state index contributed by atoms with van der Waals surface area (Å²) in [6.45, 7) is 3.55. The summed E-state index contributed by atoms with van der Waals surface area (Å²) in [6, 6.07) is 3.50. The normalized spacial score (nSPS) is 30.1. The minimum absolute atomic E-state index is 0.673. The van der Waals surface area contributed by atoms with Crippen LogP contribution in [0.4, 0.5) is 0 Å². The number of aromatic nitrogens is 2. The monoisotopic (exact) mass is 234 g/mol. The van der Waals surface area contributed by atoms with Crippen LogP contribution >= 0.6 is 0 Å². The van der Waals surface area contributed by atoms with E-state index in [1.165, 1.54) is 50.9 Å². The van der Waals surface area contributed by atoms with Gasteiger partial charge in [0.05, 0.1) is 0 Å². The molecule has 3 heterocycles. The smallest absolute Gasteiger partial charge is 0.0490 e. The topological polar surface area (TPSA) is 44.0 Å². The van der Waals surface area contributed by atoms with E-state index in [2.05, 4.69) is 26.5 Å². The van der Waals surface area contributed by atoms with Crippen LogP contribution in [0.3, 0.4) is 0 Å². The SMILES string of the molecule is c1cc(CNC2CCCN3CCCCC23)[nH]n1. The number of H-pyrrole nitrogens is 1. The van der Waals surface area contributed by atoms with Gasteiger partial charge in [-0.1, -0.05) is 6.42 Å². The van der Waals surface area contributed by atoms with E-state index >= 15 is 0 Å². The fourth-order valence-electron chi connectivity index (χ4n) is 3.32. The Morgan fingerprint density at radius 3 is 3.12 bits per heavy atom. The Labute approximate surface area is 103 Å². The van der Waals surface area contributed by atoms with E-state index in [0.29, 0.717) is 6.04 Å². The summed E-state index contributed by atoms with van der Waals surface area (Å²) < 4.78 is 0. The predicted octanol–water partition coefficient (Wildman–Crippen LogP) is 1.52. The van der Waals surface area contributed by atoms with Crippen molar-refractivity contribution in [2.24, 2.45) is 0 Å². The fourth-order valence-corrected chi connectivity index (χ4v) is 3.32. The Kier molecular flexibility index (Phi) is 3.43. The van der Waals surface area contributed by atoms with Crippen molar-refractivity contribution in [1.82, 2.24) is 20.4 Å². The van der Waals surface area contributed by atoms with Crippen molar-refractivity contribution >= 4 is 0 Å². The van der Waals surface area contributed by atoms with Gasteiger partial charge in [0, 0.05) is 30.5 Å². The van der Waals surface area contributed by atoms with Gasteiger partial charge in [-0.2, -0.15) is 5.10 Å². The van der Waals surface area contributed by atoms with Gasteiger partial charge in [-0.3, -0.25) is 10.00 Å². The van der Waals surface area contributed by atoms with Crippen molar-refractivity contribution in [2.75, 3.05) is 13.1 Å². The van der Waals surface area contributed by atoms with Gasteiger partial charge in [-0.15, -0.1) is 0 Å². The van der Waals surface area contributed by atoms with Gasteiger partial charge in [-0.25, -0.2) is 0 Å². The number of rotatable bonds is 3. The van der Waals surface area contributed by atoms with Gasteiger partial charge in [0.15, 0.2) is 0 Å². The van der Waals surface area contributed by atoms with Crippen molar-refractivity contribution in [1.29, 1.82) is 0 Å². The maximum Gasteiger partial charge on any atom is 0.0490 e. The summed E-state index contributed by atoms with van der Waals surface area (Å²) in [5.74, 6) is 0. The van der Waals surface area contributed by atoms with E-state index in [0.717, 1.165) is 12.6 Å². The molecule has 2 unspecified atom stereocenters. The minimum atomic E-state index is 0.673. The molecular weight excluding hydrogens is 212 g/mol. The Morgan fingerprint density at radius 1 is 1.29 bits per heavy atom. The number of piperidine rings is 2. The molecule has 4 nitrogen and oxygen atoms in total. The van der Waals surface area contributed by atoms with Crippen LogP contribution in [0.1, 0.15) is 37.8 Å². The van der Waals surface area contributed by atoms with Crippen LogP contribution in [0.5, 0.6) is 0 Å². The first-order valence-corrected chi connectivity index (χ1v) is 6.89. The number of nitrogens with one attached hydrogen (secondary N) is 2. The molecule has 4 heteroatoms. The average molecular weight is 234 g/mol. The molecule has 0 spiro atoms. The predicted molar refractivity (Wildman–Crippen MR) is 67.7 cm³/mol. The molecule has 2 atom stereocenters. The molecule has 0 saturated carbocycles. The Morgan fingerprint density at radius 2 is 2.24 bits per heavy atom. The molecule has 1 aromatic heterocycles. The van der Waals surface area contributed by atoms with Gasteiger partial charge in [0.25, 0.3) is 0 Å². The minimum Gasteiger partial charge on any atom is -0.307 e. The molecule has 0 radical (unpaired) electrons. The third-order valence-electron chi connectivity index (χ3n) is 4.20. The number of nitrogens with zero attached hydrogens (tertiary/aromatic N) is 2. The lowest BCUT2D eigenvalue weighted by Crippen LogP contribution is -2.55. The highest BCUT2D eigenvalue weighted by Crippen LogP contribution is 2.26. The van der Waals surface area contributed by atoms with Crippen LogP contribution in [-0.4, -0.2) is 40.3 Å². The van der Waals surface area contributed by atoms with E-state index in [1.54, 1.807) is 0 Å². The molecule has 0 aromatic carbocycles. The van der Waals surface area contributed by atoms with Gasteiger partial charge in [-0.05, 0) is 44.8 Å². The fraction of sp³-hybridized carbons (Fsp3) is 0.769. The Hall–Kier alpha value is -0.870. The molecule has 2 aliphatic heterocycles. The number of hydrogen-bond acceptors (Lipinski definition) is 3. The molecule has 0 bridgehead atoms. The van der Waals surface area contributed by atoms with Crippen molar-refractivity contribution < 1.29 is 0 Å². The number of aromatic amines is 1. The summed E-state index contributed by atoms with van der Waals surface area (Å²) in [4.78, 5) is 2.69. The summed E-state index contributed by atoms with van der Waals surface area (Å²) in [5.41, 5.74) is 1.19. The zero-order chi connectivity index (χ0) is 11.5. The molecule has 3 rings (SSSR count). The summed E-state index contributed by atoms with van der Waals surface area (Å²) >= 11 is 0. The second-order valence-electron chi connectivity index (χ2n) is 5.31. The van der Waals surface area contributed by atoms with Crippen molar-refractivity contribution in [3.8, 4) is 0 Å². The Bertz CT molecular complexity index is 333. The second kappa shape index (κ2) is 5.19. The summed E-state index contributed by atoms with van der Waals surface area (Å²) in [5, 5.41) is 10.7. The van der Waals surface area contributed by atoms with Crippen LogP contribution in [0.25, 0.3) is 0 Å². The molecule has 0 amide bonds. The molecule has 0 aliphatic carbocycles. The maximum absolute atomic E-state index is 3.99. The lowest BCUT2D eigenvalue weighted by Gasteiger charge is -2.44. The maximum atomic E-state index is 3.99. The molecule has 2 saturated heterocycles. The van der Waals surface area contributed by atoms with E-state index in [9.17, 15) is 0 Å². The highest BCUT2D eigenvalue weighted by Gasteiger charge is 2.32. The number of fused-ring (bicyclic) bond motifs is 1. The van der Waals surface area contributed by atoms with Crippen LogP contribution in [-0.2, 0) is 6.54 Å². The molecule has 94 valence electrons. The van der Waals surface area contributed by atoms with Crippen LogP contribution in [0.15, 0.2) is 12.3 Å². The first kappa shape index (κ1) is 11.2. The molecule has 17 heavy (non-hydrogen) atoms. The molecular formula is C13H22N4. The van der Waals surface area contributed by atoms with Crippen molar-refractivity contribution in [2.45, 2.75) is 50.7 Å². The standard InChI is InChI=1S/C13H22N4/c1-2-8-17-9-3-4-12(13(17)5-1)14-10-11-6-7-15-16-11/h6-7,12-14H,1-5,8-10H2,(H,15,16). The lowest BCUT2D eigenvalue weighted by molar-refractivity contribution is 0.0768. The lowest BCUT2D eigenvalue weighted by atomic mass is 9.89. The second-order valence-corrected chi connectivity index (χ2v) is 5.31. The van der Waals surface area contributed by atoms with Gasteiger partial charge < -0.3 is 5.32 Å². The first-order valence-electron chi connectivity index (χ1n) is 6.89. The van der Waals surface area contributed by atoms with E-state index in [4.69, 9.17) is 0 Å². The third-order valence-corrected chi connectivity index (χ3v) is 4.20. The number of hydrogen-bond donors (Lipinski definition) is 2. The van der Waals surface area contributed by atoms with Crippen LogP contribution in [0.2, 0.25) is 0 Å². The molecule has 2 aliphatic rings. The first-order chi connectivity index (χ1) is 8.43. The molecule has 2 N–H and O–H groups in total. The highest BCUT2D eigenvalue weighted by atomic mass is 15.2.